The molecule has 0 aliphatic carbocycles. The van der Waals surface area contributed by atoms with Crippen LogP contribution in [0.25, 0.3) is 0 Å². The van der Waals surface area contributed by atoms with Crippen LogP contribution >= 0.6 is 0 Å². The van der Waals surface area contributed by atoms with E-state index in [2.05, 4.69) is 19.9 Å². The molecule has 0 saturated heterocycles. The number of hydrogen-bond acceptors (Lipinski definition) is 4. The van der Waals surface area contributed by atoms with Gasteiger partial charge in [0.25, 0.3) is 0 Å². The minimum atomic E-state index is 0. The summed E-state index contributed by atoms with van der Waals surface area (Å²) in [6.07, 6.45) is 14.3. The maximum atomic E-state index is 5.34. The Morgan fingerprint density at radius 3 is 0.370 bits per heavy atom. The number of nitrogens with one attached hydrogen (secondary N) is 4. The van der Waals surface area contributed by atoms with Gasteiger partial charge in [-0.3, -0.25) is 0 Å². The average molecular weight is 812 g/mol. The second-order valence-electron chi connectivity index (χ2n) is 5.33. The summed E-state index contributed by atoms with van der Waals surface area (Å²) in [5.74, 6) is 0. The number of pyridine rings is 4. The molecule has 0 spiro atoms. The van der Waals surface area contributed by atoms with Gasteiger partial charge < -0.3 is 99.6 Å². The SMILES string of the molecule is Nc1cc[nH+]cc1.Nc1cc[nH+]cc1.Nc1cc[nH+]cc1.Nc1cc[nH+]cc1.[Cr+6].[Cr+6].[Cr+6].[Cr+6].[O-2].[O-2].[O-2].[O-2].[O-2].[O-2].[O-2].[O-2].[O-2].[O-2].[O-2].[O-2].[O-2].[O-2]. The molecule has 0 fully saturated rings. The molecule has 0 unspecified atom stereocenters. The first kappa shape index (κ1) is 121. The van der Waals surface area contributed by atoms with E-state index in [9.17, 15) is 0 Å². The van der Waals surface area contributed by atoms with Crippen molar-refractivity contribution in [3.8, 4) is 0 Å². The summed E-state index contributed by atoms with van der Waals surface area (Å²) in [5.41, 5.74) is 24.5. The van der Waals surface area contributed by atoms with E-state index < -0.39 is 0 Å². The molecule has 12 N–H and O–H groups in total. The van der Waals surface area contributed by atoms with Crippen LogP contribution in [-0.4, -0.2) is 0 Å². The largest absolute Gasteiger partial charge is 6.00 e. The monoisotopic (exact) mass is 812 g/mol. The van der Waals surface area contributed by atoms with Gasteiger partial charge in [-0.15, -0.1) is 0 Å². The number of aromatic amines is 4. The third-order valence-corrected chi connectivity index (χ3v) is 2.98. The Balaban J connectivity index is -0.0000000126. The third-order valence-electron chi connectivity index (χ3n) is 2.98. The normalized spacial score (nSPS) is 5.22. The molecule has 0 atom stereocenters. The molecule has 0 aliphatic rings. The van der Waals surface area contributed by atoms with Crippen molar-refractivity contribution in [1.29, 1.82) is 0 Å². The van der Waals surface area contributed by atoms with Gasteiger partial charge in [0, 0.05) is 71.3 Å². The second kappa shape index (κ2) is 84.1. The van der Waals surface area contributed by atoms with Gasteiger partial charge in [-0.05, 0) is 0 Å². The molecule has 4 heterocycles. The Morgan fingerprint density at radius 1 is 0.239 bits per heavy atom. The predicted molar refractivity (Wildman–Crippen MR) is 119 cm³/mol. The van der Waals surface area contributed by atoms with Gasteiger partial charge in [0.2, 0.25) is 0 Å². The van der Waals surface area contributed by atoms with E-state index in [1.807, 2.05) is 0 Å². The Hall–Kier alpha value is -2.63. The Bertz CT molecular complexity index is 752. The molecule has 46 heavy (non-hydrogen) atoms. The van der Waals surface area contributed by atoms with Crippen LogP contribution in [0.4, 0.5) is 22.7 Å². The Kier molecular flexibility index (Phi) is 221. The van der Waals surface area contributed by atoms with Crippen LogP contribution in [0, 0.1) is 0 Å². The summed E-state index contributed by atoms with van der Waals surface area (Å²) >= 11 is 0. The first-order chi connectivity index (χ1) is 13.6. The van der Waals surface area contributed by atoms with Crippen molar-refractivity contribution < 1.29 is 166 Å². The van der Waals surface area contributed by atoms with Crippen molar-refractivity contribution in [1.82, 2.24) is 0 Å². The molecule has 26 heteroatoms. The van der Waals surface area contributed by atoms with E-state index in [1.165, 1.54) is 0 Å². The van der Waals surface area contributed by atoms with Crippen molar-refractivity contribution in [3.63, 3.8) is 0 Å². The maximum absolute atomic E-state index is 5.34. The number of H-pyrrole nitrogens is 4. The molecule has 4 aromatic rings. The van der Waals surface area contributed by atoms with Crippen LogP contribution in [0.3, 0.4) is 0 Å². The molecule has 0 aliphatic heterocycles. The minimum absolute atomic E-state index is 0. The van der Waals surface area contributed by atoms with Gasteiger partial charge in [0.15, 0.2) is 49.6 Å². The fourth-order valence-electron chi connectivity index (χ4n) is 1.60. The summed E-state index contributed by atoms with van der Waals surface area (Å²) in [6.45, 7) is 0. The molecule has 4 aromatic heterocycles. The third kappa shape index (κ3) is 78.2. The summed E-state index contributed by atoms with van der Waals surface area (Å²) in [5, 5.41) is 0. The fraction of sp³-hybridized carbons (Fsp3) is 0. The van der Waals surface area contributed by atoms with Gasteiger partial charge >= 0.3 is 69.4 Å². The molecule has 0 saturated carbocycles. The molecular formula is C20H28Cr4N8O14. The molecule has 0 amide bonds. The van der Waals surface area contributed by atoms with Gasteiger partial charge in [-0.1, -0.05) is 0 Å². The van der Waals surface area contributed by atoms with Crippen LogP contribution in [-0.2, 0) is 146 Å². The standard InChI is InChI=1S/4C5H6N2.4Cr.14O/c4*6-5-1-3-7-4-2-5;;;;;;;;;;;;;;;;;;/h4*1-4H,(H2,6,7);;;;;;;;;;;;;;;;;;/q;;;;4*+6;14*-2/p+4. The molecule has 22 nitrogen and oxygen atoms in total. The topological polar surface area (TPSA) is 560 Å². The van der Waals surface area contributed by atoms with Crippen LogP contribution in [0.1, 0.15) is 0 Å². The molecule has 4 rings (SSSR count). The van der Waals surface area contributed by atoms with Gasteiger partial charge in [-0.2, -0.15) is 0 Å². The van der Waals surface area contributed by atoms with Crippen LogP contribution < -0.4 is 42.9 Å². The molecule has 256 valence electrons. The zero-order valence-corrected chi connectivity index (χ0v) is 28.0. The first-order valence-corrected chi connectivity index (χ1v) is 8.44. The second-order valence-corrected chi connectivity index (χ2v) is 5.33. The summed E-state index contributed by atoms with van der Waals surface area (Å²) < 4.78 is 0. The van der Waals surface area contributed by atoms with E-state index in [-0.39, 0.29) is 146 Å². The van der Waals surface area contributed by atoms with E-state index in [0.717, 1.165) is 22.7 Å². The van der Waals surface area contributed by atoms with E-state index in [0.29, 0.717) is 0 Å². The Labute approximate surface area is 308 Å². The van der Waals surface area contributed by atoms with Gasteiger partial charge in [0.1, 0.15) is 0 Å². The van der Waals surface area contributed by atoms with Crippen LogP contribution in [0.2, 0.25) is 0 Å². The molecule has 0 bridgehead atoms. The average Bonchev–Trinajstić information content (AvgIpc) is 2.72. The van der Waals surface area contributed by atoms with E-state index in [1.54, 1.807) is 98.1 Å². The minimum Gasteiger partial charge on any atom is -2.00 e. The van der Waals surface area contributed by atoms with Crippen molar-refractivity contribution in [2.75, 3.05) is 22.9 Å². The number of rotatable bonds is 0. The first-order valence-electron chi connectivity index (χ1n) is 8.44. The van der Waals surface area contributed by atoms with Crippen LogP contribution in [0.5, 0.6) is 0 Å². The Morgan fingerprint density at radius 2 is 0.326 bits per heavy atom. The van der Waals surface area contributed by atoms with Crippen molar-refractivity contribution in [2.24, 2.45) is 0 Å². The number of nitrogen functional groups attached to an aromatic ring is 4. The van der Waals surface area contributed by atoms with Crippen molar-refractivity contribution in [3.05, 3.63) is 98.1 Å². The van der Waals surface area contributed by atoms with Gasteiger partial charge in [0.05, 0.1) is 0 Å². The predicted octanol–water partition coefficient (Wildman–Crippen LogP) is -1.34. The van der Waals surface area contributed by atoms with Crippen LogP contribution in [0.15, 0.2) is 98.1 Å². The zero-order chi connectivity index (χ0) is 20.5. The number of aromatic nitrogens is 4. The maximum Gasteiger partial charge on any atom is 6.00 e. The summed E-state index contributed by atoms with van der Waals surface area (Å²) in [7, 11) is 0. The summed E-state index contributed by atoms with van der Waals surface area (Å²) in [6, 6.07) is 14.4. The zero-order valence-electron chi connectivity index (χ0n) is 22.9. The smallest absolute Gasteiger partial charge is 2.00 e. The number of nitrogens with two attached hydrogens (primary N) is 4. The van der Waals surface area contributed by atoms with Gasteiger partial charge in [-0.25, -0.2) is 19.9 Å². The molecule has 0 aromatic carbocycles. The number of hydrogen-bond donors (Lipinski definition) is 4. The summed E-state index contributed by atoms with van der Waals surface area (Å²) in [4.78, 5) is 11.4. The molecule has 0 radical (unpaired) electrons. The number of anilines is 4. The molecular weight excluding hydrogens is 784 g/mol. The van der Waals surface area contributed by atoms with E-state index in [4.69, 9.17) is 22.9 Å². The van der Waals surface area contributed by atoms with Crippen molar-refractivity contribution in [2.45, 2.75) is 0 Å². The van der Waals surface area contributed by atoms with Crippen molar-refractivity contribution >= 4 is 22.7 Å². The fourth-order valence-corrected chi connectivity index (χ4v) is 1.60. The van der Waals surface area contributed by atoms with E-state index >= 15 is 0 Å². The quantitative estimate of drug-likeness (QED) is 0.167.